The summed E-state index contributed by atoms with van der Waals surface area (Å²) in [6.45, 7) is 7.47. The molecule has 5 heteroatoms. The van der Waals surface area contributed by atoms with Crippen molar-refractivity contribution in [2.24, 2.45) is 0 Å². The molecule has 2 unspecified atom stereocenters. The van der Waals surface area contributed by atoms with Crippen LogP contribution in [0.4, 0.5) is 0 Å². The van der Waals surface area contributed by atoms with Gasteiger partial charge >= 0.3 is 0 Å². The van der Waals surface area contributed by atoms with E-state index in [0.29, 0.717) is 24.4 Å². The number of hydrogen-bond donors (Lipinski definition) is 1. The van der Waals surface area contributed by atoms with Gasteiger partial charge in [-0.1, -0.05) is 0 Å². The first-order chi connectivity index (χ1) is 8.99. The Hall–Kier alpha value is -0.130. The molecule has 2 aliphatic heterocycles. The van der Waals surface area contributed by atoms with Crippen molar-refractivity contribution < 1.29 is 8.42 Å². The van der Waals surface area contributed by atoms with Crippen LogP contribution in [0.5, 0.6) is 0 Å². The van der Waals surface area contributed by atoms with E-state index in [-0.39, 0.29) is 5.25 Å². The van der Waals surface area contributed by atoms with Crippen LogP contribution in [-0.2, 0) is 9.84 Å². The van der Waals surface area contributed by atoms with Crippen molar-refractivity contribution in [1.29, 1.82) is 0 Å². The smallest absolute Gasteiger partial charge is 0.154 e. The van der Waals surface area contributed by atoms with Gasteiger partial charge in [0.15, 0.2) is 9.84 Å². The van der Waals surface area contributed by atoms with E-state index in [2.05, 4.69) is 24.1 Å². The van der Waals surface area contributed by atoms with Gasteiger partial charge in [0.2, 0.25) is 0 Å². The molecule has 0 spiro atoms. The van der Waals surface area contributed by atoms with Crippen LogP contribution in [0.25, 0.3) is 0 Å². The summed E-state index contributed by atoms with van der Waals surface area (Å²) >= 11 is 0. The molecule has 2 atom stereocenters. The van der Waals surface area contributed by atoms with Crippen LogP contribution >= 0.6 is 0 Å². The second kappa shape index (κ2) is 6.55. The van der Waals surface area contributed by atoms with Crippen LogP contribution in [0.2, 0.25) is 0 Å². The maximum Gasteiger partial charge on any atom is 0.154 e. The molecule has 0 saturated carbocycles. The van der Waals surface area contributed by atoms with Crippen LogP contribution in [0, 0.1) is 0 Å². The molecule has 2 rings (SSSR count). The average Bonchev–Trinajstić information content (AvgIpc) is 2.56. The highest BCUT2D eigenvalue weighted by Gasteiger charge is 2.31. The number of hydrogen-bond acceptors (Lipinski definition) is 4. The maximum atomic E-state index is 11.8. The van der Waals surface area contributed by atoms with Gasteiger partial charge < -0.3 is 10.2 Å². The van der Waals surface area contributed by atoms with Gasteiger partial charge in [0.25, 0.3) is 0 Å². The Labute approximate surface area is 117 Å². The molecule has 0 aliphatic carbocycles. The van der Waals surface area contributed by atoms with Gasteiger partial charge in [-0.2, -0.15) is 0 Å². The highest BCUT2D eigenvalue weighted by Crippen LogP contribution is 2.20. The minimum absolute atomic E-state index is 0.128. The summed E-state index contributed by atoms with van der Waals surface area (Å²) in [6, 6.07) is 1.12. The van der Waals surface area contributed by atoms with E-state index in [4.69, 9.17) is 0 Å². The lowest BCUT2D eigenvalue weighted by Crippen LogP contribution is -2.38. The van der Waals surface area contributed by atoms with Crippen molar-refractivity contribution >= 4 is 9.84 Å². The number of nitrogens with zero attached hydrogens (tertiary/aromatic N) is 1. The van der Waals surface area contributed by atoms with Crippen LogP contribution in [0.15, 0.2) is 0 Å². The summed E-state index contributed by atoms with van der Waals surface area (Å²) in [4.78, 5) is 2.52. The van der Waals surface area contributed by atoms with E-state index in [1.807, 2.05) is 0 Å². The molecule has 0 aromatic heterocycles. The van der Waals surface area contributed by atoms with Gasteiger partial charge in [0, 0.05) is 18.6 Å². The Bertz CT molecular complexity index is 381. The third kappa shape index (κ3) is 4.17. The standard InChI is InChI=1S/C14H28N2O2S/c1-12(2)16-8-3-5-13(7-9-16)15-11-14-6-4-10-19(14,17)18/h12-15H,3-11H2,1-2H3. The Kier molecular flexibility index (Phi) is 5.26. The lowest BCUT2D eigenvalue weighted by atomic mass is 10.1. The first-order valence-corrected chi connectivity index (χ1v) is 9.39. The number of likely N-dealkylation sites (tertiary alicyclic amines) is 1. The first-order valence-electron chi connectivity index (χ1n) is 7.68. The highest BCUT2D eigenvalue weighted by molar-refractivity contribution is 7.92. The van der Waals surface area contributed by atoms with Crippen molar-refractivity contribution in [3.8, 4) is 0 Å². The van der Waals surface area contributed by atoms with Crippen molar-refractivity contribution in [3.05, 3.63) is 0 Å². The molecule has 0 bridgehead atoms. The molecule has 19 heavy (non-hydrogen) atoms. The Morgan fingerprint density at radius 1 is 1.16 bits per heavy atom. The first kappa shape index (κ1) is 15.3. The quantitative estimate of drug-likeness (QED) is 0.850. The fourth-order valence-corrected chi connectivity index (χ4v) is 5.00. The molecule has 112 valence electrons. The molecule has 2 heterocycles. The summed E-state index contributed by atoms with van der Waals surface area (Å²) in [5, 5.41) is 3.38. The van der Waals surface area contributed by atoms with E-state index in [0.717, 1.165) is 25.8 Å². The second-order valence-electron chi connectivity index (χ2n) is 6.30. The lowest BCUT2D eigenvalue weighted by Gasteiger charge is -2.24. The Balaban J connectivity index is 1.77. The molecule has 1 N–H and O–H groups in total. The third-order valence-corrected chi connectivity index (χ3v) is 6.87. The molecule has 0 aromatic rings. The van der Waals surface area contributed by atoms with Crippen LogP contribution < -0.4 is 5.32 Å². The molecule has 0 amide bonds. The van der Waals surface area contributed by atoms with Crippen molar-refractivity contribution in [3.63, 3.8) is 0 Å². The monoisotopic (exact) mass is 288 g/mol. The SMILES string of the molecule is CC(C)N1CCCC(NCC2CCCS2(=O)=O)CC1. The fourth-order valence-electron chi connectivity index (χ4n) is 3.22. The lowest BCUT2D eigenvalue weighted by molar-refractivity contribution is 0.229. The number of nitrogens with one attached hydrogen (secondary N) is 1. The van der Waals surface area contributed by atoms with Gasteiger partial charge in [-0.3, -0.25) is 0 Å². The zero-order chi connectivity index (χ0) is 13.9. The second-order valence-corrected chi connectivity index (χ2v) is 8.70. The van der Waals surface area contributed by atoms with Crippen LogP contribution in [0.3, 0.4) is 0 Å². The van der Waals surface area contributed by atoms with Crippen molar-refractivity contribution in [1.82, 2.24) is 10.2 Å². The minimum atomic E-state index is -2.79. The van der Waals surface area contributed by atoms with Gasteiger partial charge in [-0.15, -0.1) is 0 Å². The maximum absolute atomic E-state index is 11.8. The fraction of sp³-hybridized carbons (Fsp3) is 1.00. The molecular weight excluding hydrogens is 260 g/mol. The van der Waals surface area contributed by atoms with E-state index >= 15 is 0 Å². The topological polar surface area (TPSA) is 49.4 Å². The van der Waals surface area contributed by atoms with E-state index in [1.54, 1.807) is 0 Å². The zero-order valence-electron chi connectivity index (χ0n) is 12.3. The summed E-state index contributed by atoms with van der Waals surface area (Å²) in [5.41, 5.74) is 0. The molecule has 0 aromatic carbocycles. The largest absolute Gasteiger partial charge is 0.313 e. The van der Waals surface area contributed by atoms with E-state index in [1.165, 1.54) is 19.4 Å². The molecule has 2 fully saturated rings. The van der Waals surface area contributed by atoms with Gasteiger partial charge in [-0.05, 0) is 59.0 Å². The summed E-state index contributed by atoms with van der Waals surface area (Å²) in [6.07, 6.45) is 5.23. The third-order valence-electron chi connectivity index (χ3n) is 4.59. The van der Waals surface area contributed by atoms with Gasteiger partial charge in [-0.25, -0.2) is 8.42 Å². The zero-order valence-corrected chi connectivity index (χ0v) is 13.1. The number of sulfone groups is 1. The molecular formula is C14H28N2O2S. The van der Waals surface area contributed by atoms with Crippen LogP contribution in [0.1, 0.15) is 46.0 Å². The van der Waals surface area contributed by atoms with Gasteiger partial charge in [0.1, 0.15) is 0 Å². The molecule has 2 saturated heterocycles. The molecule has 0 radical (unpaired) electrons. The summed E-state index contributed by atoms with van der Waals surface area (Å²) in [7, 11) is -2.79. The van der Waals surface area contributed by atoms with E-state index < -0.39 is 9.84 Å². The summed E-state index contributed by atoms with van der Waals surface area (Å²) in [5.74, 6) is 0.394. The minimum Gasteiger partial charge on any atom is -0.313 e. The van der Waals surface area contributed by atoms with Gasteiger partial charge in [0.05, 0.1) is 11.0 Å². The van der Waals surface area contributed by atoms with Crippen molar-refractivity contribution in [2.75, 3.05) is 25.4 Å². The molecule has 2 aliphatic rings. The Morgan fingerprint density at radius 2 is 1.95 bits per heavy atom. The Morgan fingerprint density at radius 3 is 2.58 bits per heavy atom. The normalized spacial score (nSPS) is 32.6. The van der Waals surface area contributed by atoms with Crippen LogP contribution in [-0.4, -0.2) is 56.0 Å². The predicted octanol–water partition coefficient (Wildman–Crippen LogP) is 1.42. The predicted molar refractivity (Wildman–Crippen MR) is 79.2 cm³/mol. The number of rotatable bonds is 4. The molecule has 4 nitrogen and oxygen atoms in total. The average molecular weight is 288 g/mol. The highest BCUT2D eigenvalue weighted by atomic mass is 32.2. The van der Waals surface area contributed by atoms with Crippen molar-refractivity contribution in [2.45, 2.75) is 63.3 Å². The van der Waals surface area contributed by atoms with E-state index in [9.17, 15) is 8.42 Å². The summed E-state index contributed by atoms with van der Waals surface area (Å²) < 4.78 is 23.6.